The average molecular weight is 371 g/mol. The molecule has 1 aliphatic carbocycles. The van der Waals surface area contributed by atoms with Gasteiger partial charge in [0.15, 0.2) is 0 Å². The minimum atomic E-state index is 0.644. The highest BCUT2D eigenvalue weighted by molar-refractivity contribution is 5.85. The van der Waals surface area contributed by atoms with E-state index in [1.807, 2.05) is 18.2 Å². The second-order valence-electron chi connectivity index (χ2n) is 8.28. The zero-order valence-corrected chi connectivity index (χ0v) is 16.1. The van der Waals surface area contributed by atoms with Crippen LogP contribution in [-0.2, 0) is 6.54 Å². The molecule has 1 saturated heterocycles. The van der Waals surface area contributed by atoms with Crippen molar-refractivity contribution in [2.24, 2.45) is 5.92 Å². The van der Waals surface area contributed by atoms with E-state index in [0.29, 0.717) is 5.92 Å². The molecule has 1 saturated carbocycles. The predicted molar refractivity (Wildman–Crippen MR) is 112 cm³/mol. The van der Waals surface area contributed by atoms with Gasteiger partial charge >= 0.3 is 0 Å². The van der Waals surface area contributed by atoms with Crippen molar-refractivity contribution in [3.05, 3.63) is 71.4 Å². The maximum atomic E-state index is 9.19. The second-order valence-corrected chi connectivity index (χ2v) is 8.28. The first-order chi connectivity index (χ1) is 13.8. The van der Waals surface area contributed by atoms with Gasteiger partial charge in [0, 0.05) is 56.4 Å². The molecule has 2 fully saturated rings. The normalized spacial score (nSPS) is 23.0. The standard InChI is InChI=1S/C24H26N4/c25-14-19-6-7-24-22(12-19)23(15-26-24)21-13-20(21)17-28-10-8-27(9-11-28)16-18-4-2-1-3-5-18/h1-7,12,15,20-21,26H,8-11,13,16-17H2/t20-,21+/m0/s1. The van der Waals surface area contributed by atoms with Crippen molar-refractivity contribution in [1.29, 1.82) is 5.26 Å². The van der Waals surface area contributed by atoms with Crippen molar-refractivity contribution in [3.63, 3.8) is 0 Å². The van der Waals surface area contributed by atoms with E-state index < -0.39 is 0 Å². The van der Waals surface area contributed by atoms with Crippen LogP contribution in [-0.4, -0.2) is 47.5 Å². The fourth-order valence-corrected chi connectivity index (χ4v) is 4.65. The van der Waals surface area contributed by atoms with Crippen LogP contribution in [0.25, 0.3) is 10.9 Å². The van der Waals surface area contributed by atoms with E-state index in [-0.39, 0.29) is 0 Å². The lowest BCUT2D eigenvalue weighted by molar-refractivity contribution is 0.123. The molecule has 2 aliphatic rings. The van der Waals surface area contributed by atoms with E-state index in [1.54, 1.807) is 0 Å². The number of hydrogen-bond donors (Lipinski definition) is 1. The van der Waals surface area contributed by atoms with Crippen molar-refractivity contribution >= 4 is 10.9 Å². The highest BCUT2D eigenvalue weighted by atomic mass is 15.3. The van der Waals surface area contributed by atoms with Crippen LogP contribution in [0.2, 0.25) is 0 Å². The first-order valence-electron chi connectivity index (χ1n) is 10.3. The van der Waals surface area contributed by atoms with Gasteiger partial charge in [-0.2, -0.15) is 5.26 Å². The van der Waals surface area contributed by atoms with E-state index in [4.69, 9.17) is 0 Å². The van der Waals surface area contributed by atoms with Gasteiger partial charge < -0.3 is 9.88 Å². The fourth-order valence-electron chi connectivity index (χ4n) is 4.65. The van der Waals surface area contributed by atoms with Crippen LogP contribution in [0, 0.1) is 17.2 Å². The van der Waals surface area contributed by atoms with E-state index in [0.717, 1.165) is 36.6 Å². The van der Waals surface area contributed by atoms with Crippen LogP contribution < -0.4 is 0 Å². The molecule has 1 N–H and O–H groups in total. The molecule has 0 spiro atoms. The smallest absolute Gasteiger partial charge is 0.0991 e. The Bertz CT molecular complexity index is 992. The highest BCUT2D eigenvalue weighted by Gasteiger charge is 2.40. The Morgan fingerprint density at radius 1 is 1.00 bits per heavy atom. The number of piperazine rings is 1. The van der Waals surface area contributed by atoms with E-state index in [2.05, 4.69) is 57.4 Å². The van der Waals surface area contributed by atoms with Gasteiger partial charge in [-0.1, -0.05) is 30.3 Å². The summed E-state index contributed by atoms with van der Waals surface area (Å²) in [4.78, 5) is 8.59. The predicted octanol–water partition coefficient (Wildman–Crippen LogP) is 3.96. The number of rotatable bonds is 5. The summed E-state index contributed by atoms with van der Waals surface area (Å²) in [5.41, 5.74) is 4.71. The van der Waals surface area contributed by atoms with Crippen molar-refractivity contribution in [2.45, 2.75) is 18.9 Å². The summed E-state index contributed by atoms with van der Waals surface area (Å²) in [6, 6.07) is 19.0. The van der Waals surface area contributed by atoms with Crippen LogP contribution in [0.3, 0.4) is 0 Å². The lowest BCUT2D eigenvalue weighted by Crippen LogP contribution is -2.46. The molecule has 4 heteroatoms. The number of nitriles is 1. The van der Waals surface area contributed by atoms with Gasteiger partial charge in [0.25, 0.3) is 0 Å². The number of nitrogens with zero attached hydrogens (tertiary/aromatic N) is 3. The number of nitrogens with one attached hydrogen (secondary N) is 1. The molecule has 5 rings (SSSR count). The largest absolute Gasteiger partial charge is 0.361 e. The minimum absolute atomic E-state index is 0.644. The number of aromatic nitrogens is 1. The molecular weight excluding hydrogens is 344 g/mol. The molecule has 4 nitrogen and oxygen atoms in total. The third-order valence-electron chi connectivity index (χ3n) is 6.37. The lowest BCUT2D eigenvalue weighted by Gasteiger charge is -2.34. The topological polar surface area (TPSA) is 46.1 Å². The van der Waals surface area contributed by atoms with Gasteiger partial charge in [0.05, 0.1) is 11.6 Å². The van der Waals surface area contributed by atoms with E-state index in [9.17, 15) is 5.26 Å². The van der Waals surface area contributed by atoms with Gasteiger partial charge in [-0.3, -0.25) is 4.90 Å². The zero-order chi connectivity index (χ0) is 18.9. The summed E-state index contributed by atoms with van der Waals surface area (Å²) in [6.45, 7) is 6.92. The molecule has 0 amide bonds. The van der Waals surface area contributed by atoms with Crippen LogP contribution in [0.4, 0.5) is 0 Å². The molecule has 28 heavy (non-hydrogen) atoms. The number of fused-ring (bicyclic) bond motifs is 1. The van der Waals surface area contributed by atoms with Crippen molar-refractivity contribution in [3.8, 4) is 6.07 Å². The van der Waals surface area contributed by atoms with E-state index in [1.165, 1.54) is 42.6 Å². The van der Waals surface area contributed by atoms with Crippen molar-refractivity contribution in [1.82, 2.24) is 14.8 Å². The van der Waals surface area contributed by atoms with Crippen molar-refractivity contribution in [2.75, 3.05) is 32.7 Å². The Balaban J connectivity index is 1.16. The number of benzene rings is 2. The van der Waals surface area contributed by atoms with Gasteiger partial charge in [-0.05, 0) is 47.6 Å². The maximum absolute atomic E-state index is 9.19. The lowest BCUT2D eigenvalue weighted by atomic mass is 10.1. The minimum Gasteiger partial charge on any atom is -0.361 e. The first-order valence-corrected chi connectivity index (χ1v) is 10.3. The van der Waals surface area contributed by atoms with Crippen LogP contribution in [0.5, 0.6) is 0 Å². The summed E-state index contributed by atoms with van der Waals surface area (Å²) in [7, 11) is 0. The number of H-pyrrole nitrogens is 1. The molecule has 2 aromatic carbocycles. The summed E-state index contributed by atoms with van der Waals surface area (Å²) in [6.07, 6.45) is 3.43. The van der Waals surface area contributed by atoms with Gasteiger partial charge in [-0.25, -0.2) is 0 Å². The Kier molecular flexibility index (Phi) is 4.64. The summed E-state index contributed by atoms with van der Waals surface area (Å²) in [5, 5.41) is 10.4. The second kappa shape index (κ2) is 7.43. The Morgan fingerprint density at radius 3 is 2.57 bits per heavy atom. The van der Waals surface area contributed by atoms with Crippen LogP contribution >= 0.6 is 0 Å². The monoisotopic (exact) mass is 370 g/mol. The summed E-state index contributed by atoms with van der Waals surface area (Å²) >= 11 is 0. The first kappa shape index (κ1) is 17.5. The molecule has 2 atom stereocenters. The third-order valence-corrected chi connectivity index (χ3v) is 6.37. The molecule has 0 radical (unpaired) electrons. The number of hydrogen-bond acceptors (Lipinski definition) is 3. The third kappa shape index (κ3) is 3.56. The molecule has 1 aromatic heterocycles. The maximum Gasteiger partial charge on any atom is 0.0991 e. The molecular formula is C24H26N4. The van der Waals surface area contributed by atoms with Crippen LogP contribution in [0.1, 0.15) is 29.0 Å². The van der Waals surface area contributed by atoms with E-state index >= 15 is 0 Å². The van der Waals surface area contributed by atoms with Gasteiger partial charge in [0.1, 0.15) is 0 Å². The molecule has 1 aliphatic heterocycles. The zero-order valence-electron chi connectivity index (χ0n) is 16.1. The number of aromatic amines is 1. The Hall–Kier alpha value is -2.61. The Morgan fingerprint density at radius 2 is 1.79 bits per heavy atom. The molecule has 142 valence electrons. The molecule has 0 bridgehead atoms. The quantitative estimate of drug-likeness (QED) is 0.739. The SMILES string of the molecule is N#Cc1ccc2[nH]cc([C@@H]3C[C@H]3CN3CCN(Cc4ccccc4)CC3)c2c1. The average Bonchev–Trinajstić information content (AvgIpc) is 3.37. The summed E-state index contributed by atoms with van der Waals surface area (Å²) < 4.78 is 0. The molecule has 3 aromatic rings. The van der Waals surface area contributed by atoms with Crippen LogP contribution in [0.15, 0.2) is 54.7 Å². The Labute approximate surface area is 166 Å². The molecule has 2 heterocycles. The molecule has 0 unspecified atom stereocenters. The van der Waals surface area contributed by atoms with Gasteiger partial charge in [0.2, 0.25) is 0 Å². The summed E-state index contributed by atoms with van der Waals surface area (Å²) in [5.74, 6) is 1.40. The van der Waals surface area contributed by atoms with Gasteiger partial charge in [-0.15, -0.1) is 0 Å². The van der Waals surface area contributed by atoms with Crippen molar-refractivity contribution < 1.29 is 0 Å². The highest BCUT2D eigenvalue weighted by Crippen LogP contribution is 2.50. The fraction of sp³-hybridized carbons (Fsp3) is 0.375.